The van der Waals surface area contributed by atoms with Gasteiger partial charge in [-0.15, -0.1) is 0 Å². The van der Waals surface area contributed by atoms with Crippen LogP contribution in [0.4, 0.5) is 0 Å². The molecule has 1 atom stereocenters. The Kier molecular flexibility index (Phi) is 4.63. The Labute approximate surface area is 108 Å². The van der Waals surface area contributed by atoms with Crippen LogP contribution in [-0.2, 0) is 24.1 Å². The molecule has 0 aliphatic heterocycles. The van der Waals surface area contributed by atoms with Crippen molar-refractivity contribution in [2.24, 2.45) is 14.1 Å². The van der Waals surface area contributed by atoms with E-state index in [-0.39, 0.29) is 0 Å². The summed E-state index contributed by atoms with van der Waals surface area (Å²) in [7, 11) is -1.70. The predicted molar refractivity (Wildman–Crippen MR) is 65.2 cm³/mol. The van der Waals surface area contributed by atoms with Gasteiger partial charge in [-0.25, -0.2) is 17.9 Å². The summed E-state index contributed by atoms with van der Waals surface area (Å²) in [5.41, 5.74) is -1.62. The SMILES string of the molecule is Cn1cc(S(=O)(=O)NCC(O)CO)c(=O)n(C)c1=O. The molecule has 108 valence electrons. The average molecular weight is 293 g/mol. The summed E-state index contributed by atoms with van der Waals surface area (Å²) in [6.07, 6.45) is -0.371. The highest BCUT2D eigenvalue weighted by Crippen LogP contribution is 1.99. The van der Waals surface area contributed by atoms with E-state index in [0.29, 0.717) is 4.57 Å². The lowest BCUT2D eigenvalue weighted by Gasteiger charge is -2.11. The van der Waals surface area contributed by atoms with Crippen molar-refractivity contribution in [3.05, 3.63) is 27.0 Å². The second-order valence-electron chi connectivity index (χ2n) is 3.94. The van der Waals surface area contributed by atoms with E-state index in [1.807, 2.05) is 4.72 Å². The largest absolute Gasteiger partial charge is 0.394 e. The molecule has 1 aromatic heterocycles. The Balaban J connectivity index is 3.24. The molecule has 0 spiro atoms. The van der Waals surface area contributed by atoms with Gasteiger partial charge in [-0.3, -0.25) is 9.36 Å². The number of hydrogen-bond donors (Lipinski definition) is 3. The van der Waals surface area contributed by atoms with Gasteiger partial charge in [0.15, 0.2) is 4.90 Å². The smallest absolute Gasteiger partial charge is 0.330 e. The molecule has 3 N–H and O–H groups in total. The fourth-order valence-electron chi connectivity index (χ4n) is 1.31. The van der Waals surface area contributed by atoms with Crippen LogP contribution in [0.2, 0.25) is 0 Å². The Morgan fingerprint density at radius 1 is 1.37 bits per heavy atom. The highest BCUT2D eigenvalue weighted by molar-refractivity contribution is 7.89. The van der Waals surface area contributed by atoms with Crippen LogP contribution >= 0.6 is 0 Å². The molecule has 1 aromatic rings. The maximum absolute atomic E-state index is 11.9. The van der Waals surface area contributed by atoms with Gasteiger partial charge in [0.05, 0.1) is 12.7 Å². The van der Waals surface area contributed by atoms with Gasteiger partial charge >= 0.3 is 5.69 Å². The normalized spacial score (nSPS) is 13.5. The van der Waals surface area contributed by atoms with Crippen molar-refractivity contribution in [2.75, 3.05) is 13.2 Å². The van der Waals surface area contributed by atoms with Gasteiger partial charge in [0, 0.05) is 26.8 Å². The van der Waals surface area contributed by atoms with Crippen LogP contribution in [0.3, 0.4) is 0 Å². The molecule has 10 heteroatoms. The van der Waals surface area contributed by atoms with Crippen molar-refractivity contribution in [1.82, 2.24) is 13.9 Å². The minimum absolute atomic E-state index is 0.440. The van der Waals surface area contributed by atoms with Gasteiger partial charge in [0.25, 0.3) is 5.56 Å². The number of nitrogens with one attached hydrogen (secondary N) is 1. The zero-order valence-electron chi connectivity index (χ0n) is 10.4. The molecule has 1 unspecified atom stereocenters. The fraction of sp³-hybridized carbons (Fsp3) is 0.556. The number of aliphatic hydroxyl groups is 2. The molecule has 0 saturated heterocycles. The van der Waals surface area contributed by atoms with E-state index in [1.165, 1.54) is 7.05 Å². The lowest BCUT2D eigenvalue weighted by atomic mass is 10.4. The van der Waals surface area contributed by atoms with Crippen LogP contribution in [-0.4, -0.2) is 47.0 Å². The third-order valence-electron chi connectivity index (χ3n) is 2.42. The summed E-state index contributed by atoms with van der Waals surface area (Å²) in [5.74, 6) is 0. The number of nitrogens with zero attached hydrogens (tertiary/aromatic N) is 2. The van der Waals surface area contributed by atoms with E-state index in [0.717, 1.165) is 17.8 Å². The Hall–Kier alpha value is -1.49. The minimum atomic E-state index is -4.17. The standard InChI is InChI=1S/C9H15N3O6S/c1-11-4-7(8(15)12(2)9(11)16)19(17,18)10-3-6(14)5-13/h4,6,10,13-14H,3,5H2,1-2H3. The van der Waals surface area contributed by atoms with Gasteiger partial charge in [0.1, 0.15) is 0 Å². The zero-order chi connectivity index (χ0) is 14.8. The molecule has 1 rings (SSSR count). The number of aromatic nitrogens is 2. The van der Waals surface area contributed by atoms with Crippen molar-refractivity contribution in [3.63, 3.8) is 0 Å². The summed E-state index contributed by atoms with van der Waals surface area (Å²) >= 11 is 0. The first-order valence-electron chi connectivity index (χ1n) is 5.26. The van der Waals surface area contributed by atoms with Gasteiger partial charge in [-0.2, -0.15) is 0 Å². The first kappa shape index (κ1) is 15.6. The number of rotatable bonds is 5. The van der Waals surface area contributed by atoms with Crippen LogP contribution in [0.25, 0.3) is 0 Å². The molecule has 0 amide bonds. The number of sulfonamides is 1. The lowest BCUT2D eigenvalue weighted by Crippen LogP contribution is -2.42. The molecule has 0 radical (unpaired) electrons. The van der Waals surface area contributed by atoms with Crippen molar-refractivity contribution in [1.29, 1.82) is 0 Å². The molecular weight excluding hydrogens is 278 g/mol. The Morgan fingerprint density at radius 3 is 2.47 bits per heavy atom. The fourth-order valence-corrected chi connectivity index (χ4v) is 2.54. The summed E-state index contributed by atoms with van der Waals surface area (Å²) in [5, 5.41) is 17.7. The van der Waals surface area contributed by atoms with Gasteiger partial charge < -0.3 is 14.8 Å². The third kappa shape index (κ3) is 3.29. The first-order chi connectivity index (χ1) is 8.70. The summed E-state index contributed by atoms with van der Waals surface area (Å²) in [6.45, 7) is -1.06. The second kappa shape index (κ2) is 5.65. The van der Waals surface area contributed by atoms with Crippen molar-refractivity contribution in [3.8, 4) is 0 Å². The molecule has 0 aliphatic rings. The molecule has 0 fully saturated rings. The number of aryl methyl sites for hydroxylation is 1. The van der Waals surface area contributed by atoms with Crippen LogP contribution in [0.5, 0.6) is 0 Å². The van der Waals surface area contributed by atoms with Crippen LogP contribution in [0.15, 0.2) is 20.7 Å². The topological polar surface area (TPSA) is 131 Å². The van der Waals surface area contributed by atoms with Crippen molar-refractivity contribution in [2.45, 2.75) is 11.0 Å². The van der Waals surface area contributed by atoms with E-state index in [1.54, 1.807) is 0 Å². The van der Waals surface area contributed by atoms with Crippen molar-refractivity contribution >= 4 is 10.0 Å². The predicted octanol–water partition coefficient (Wildman–Crippen LogP) is -3.28. The van der Waals surface area contributed by atoms with Gasteiger partial charge in [0.2, 0.25) is 10.0 Å². The van der Waals surface area contributed by atoms with Crippen molar-refractivity contribution < 1.29 is 18.6 Å². The highest BCUT2D eigenvalue weighted by Gasteiger charge is 2.21. The number of hydrogen-bond acceptors (Lipinski definition) is 6. The van der Waals surface area contributed by atoms with E-state index < -0.39 is 45.4 Å². The van der Waals surface area contributed by atoms with E-state index in [2.05, 4.69) is 0 Å². The molecule has 9 nitrogen and oxygen atoms in total. The van der Waals surface area contributed by atoms with E-state index >= 15 is 0 Å². The molecule has 0 aromatic carbocycles. The van der Waals surface area contributed by atoms with E-state index in [4.69, 9.17) is 10.2 Å². The minimum Gasteiger partial charge on any atom is -0.394 e. The van der Waals surface area contributed by atoms with E-state index in [9.17, 15) is 18.0 Å². The molecule has 0 bridgehead atoms. The Morgan fingerprint density at radius 2 is 1.95 bits per heavy atom. The maximum atomic E-state index is 11.9. The summed E-state index contributed by atoms with van der Waals surface area (Å²) < 4.78 is 27.3. The monoisotopic (exact) mass is 293 g/mol. The maximum Gasteiger partial charge on any atom is 0.330 e. The van der Waals surface area contributed by atoms with Gasteiger partial charge in [-0.05, 0) is 0 Å². The highest BCUT2D eigenvalue weighted by atomic mass is 32.2. The van der Waals surface area contributed by atoms with Crippen LogP contribution in [0.1, 0.15) is 0 Å². The molecule has 0 saturated carbocycles. The summed E-state index contributed by atoms with van der Waals surface area (Å²) in [4.78, 5) is 22.5. The molecular formula is C9H15N3O6S. The summed E-state index contributed by atoms with van der Waals surface area (Å²) in [6, 6.07) is 0. The lowest BCUT2D eigenvalue weighted by molar-refractivity contribution is 0.0988. The zero-order valence-corrected chi connectivity index (χ0v) is 11.2. The third-order valence-corrected chi connectivity index (χ3v) is 3.83. The van der Waals surface area contributed by atoms with Crippen LogP contribution < -0.4 is 16.0 Å². The quantitative estimate of drug-likeness (QED) is 0.521. The molecule has 0 aliphatic carbocycles. The molecule has 1 heterocycles. The Bertz CT molecular complexity index is 674. The first-order valence-corrected chi connectivity index (χ1v) is 6.74. The number of aliphatic hydroxyl groups excluding tert-OH is 2. The second-order valence-corrected chi connectivity index (χ2v) is 5.67. The van der Waals surface area contributed by atoms with Crippen LogP contribution in [0, 0.1) is 0 Å². The average Bonchev–Trinajstić information content (AvgIpc) is 2.37. The van der Waals surface area contributed by atoms with Gasteiger partial charge in [-0.1, -0.05) is 0 Å². The molecule has 19 heavy (non-hydrogen) atoms.